The zero-order chi connectivity index (χ0) is 22.2. The maximum absolute atomic E-state index is 14.3. The van der Waals surface area contributed by atoms with Crippen LogP contribution in [0.5, 0.6) is 0 Å². The molecule has 6 nitrogen and oxygen atoms in total. The molecule has 0 aliphatic rings. The van der Waals surface area contributed by atoms with Crippen LogP contribution < -0.4 is 10.9 Å². The number of carbonyl (C=O) groups is 1. The molecule has 8 heteroatoms. The van der Waals surface area contributed by atoms with Gasteiger partial charge < -0.3 is 0 Å². The number of hydrogen-bond donors (Lipinski definition) is 1. The standard InChI is InChI=1S/C24H17FN4O2S/c1-14-8-9-19-20(11-14)32-24(27-19)28-22(30)17-12-15-6-4-10-26-21(15)29(23(17)31)13-16-5-2-3-7-18(16)25/h2-12H,13H2,1H3,(H,27,28,30). The van der Waals surface area contributed by atoms with Crippen molar-refractivity contribution in [3.63, 3.8) is 0 Å². The van der Waals surface area contributed by atoms with Gasteiger partial charge in [-0.3, -0.25) is 19.5 Å². The van der Waals surface area contributed by atoms with Gasteiger partial charge in [0.2, 0.25) is 0 Å². The van der Waals surface area contributed by atoms with Gasteiger partial charge in [-0.25, -0.2) is 14.4 Å². The van der Waals surface area contributed by atoms with Crippen molar-refractivity contribution in [3.05, 3.63) is 99.7 Å². The predicted octanol–water partition coefficient (Wildman–Crippen LogP) is 4.75. The molecular weight excluding hydrogens is 427 g/mol. The number of halogens is 1. The van der Waals surface area contributed by atoms with Crippen molar-refractivity contribution in [2.24, 2.45) is 0 Å². The lowest BCUT2D eigenvalue weighted by atomic mass is 10.1. The first kappa shape index (κ1) is 20.0. The van der Waals surface area contributed by atoms with E-state index in [1.54, 1.807) is 36.5 Å². The summed E-state index contributed by atoms with van der Waals surface area (Å²) in [4.78, 5) is 35.0. The molecule has 3 heterocycles. The van der Waals surface area contributed by atoms with Gasteiger partial charge in [0, 0.05) is 17.1 Å². The Morgan fingerprint density at radius 1 is 1.12 bits per heavy atom. The van der Waals surface area contributed by atoms with E-state index < -0.39 is 17.3 Å². The number of nitrogens with one attached hydrogen (secondary N) is 1. The number of fused-ring (bicyclic) bond motifs is 2. The van der Waals surface area contributed by atoms with Crippen molar-refractivity contribution in [2.45, 2.75) is 13.5 Å². The lowest BCUT2D eigenvalue weighted by Gasteiger charge is -2.12. The number of benzene rings is 2. The molecule has 0 fully saturated rings. The quantitative estimate of drug-likeness (QED) is 0.434. The minimum atomic E-state index is -0.571. The van der Waals surface area contributed by atoms with Gasteiger partial charge in [-0.15, -0.1) is 0 Å². The van der Waals surface area contributed by atoms with Crippen molar-refractivity contribution in [1.29, 1.82) is 0 Å². The molecule has 1 N–H and O–H groups in total. The molecule has 0 aliphatic heterocycles. The second-order valence-corrected chi connectivity index (χ2v) is 8.43. The number of aromatic nitrogens is 3. The van der Waals surface area contributed by atoms with Crippen LogP contribution in [-0.4, -0.2) is 20.4 Å². The Labute approximate surface area is 186 Å². The van der Waals surface area contributed by atoms with Crippen molar-refractivity contribution in [2.75, 3.05) is 5.32 Å². The van der Waals surface area contributed by atoms with E-state index in [0.29, 0.717) is 21.7 Å². The second kappa shape index (κ2) is 7.97. The summed E-state index contributed by atoms with van der Waals surface area (Å²) in [6, 6.07) is 17.0. The van der Waals surface area contributed by atoms with Gasteiger partial charge in [-0.2, -0.15) is 0 Å². The summed E-state index contributed by atoms with van der Waals surface area (Å²) >= 11 is 1.34. The van der Waals surface area contributed by atoms with Gasteiger partial charge in [-0.05, 0) is 48.9 Å². The third-order valence-corrected chi connectivity index (χ3v) is 6.08. The monoisotopic (exact) mass is 444 g/mol. The summed E-state index contributed by atoms with van der Waals surface area (Å²) in [5.74, 6) is -0.998. The largest absolute Gasteiger partial charge is 0.298 e. The predicted molar refractivity (Wildman–Crippen MR) is 124 cm³/mol. The lowest BCUT2D eigenvalue weighted by Crippen LogP contribution is -2.30. The van der Waals surface area contributed by atoms with Crippen LogP contribution in [0.4, 0.5) is 9.52 Å². The number of pyridine rings is 2. The fourth-order valence-electron chi connectivity index (χ4n) is 3.56. The molecule has 0 radical (unpaired) electrons. The lowest BCUT2D eigenvalue weighted by molar-refractivity contribution is 0.102. The molecule has 1 amide bonds. The Morgan fingerprint density at radius 3 is 2.81 bits per heavy atom. The van der Waals surface area contributed by atoms with E-state index in [4.69, 9.17) is 0 Å². The Hall–Kier alpha value is -3.91. The van der Waals surface area contributed by atoms with E-state index in [9.17, 15) is 14.0 Å². The Balaban J connectivity index is 1.57. The highest BCUT2D eigenvalue weighted by Crippen LogP contribution is 2.27. The van der Waals surface area contributed by atoms with Gasteiger partial charge in [0.1, 0.15) is 17.0 Å². The molecule has 32 heavy (non-hydrogen) atoms. The number of carbonyl (C=O) groups excluding carboxylic acids is 1. The molecule has 5 rings (SSSR count). The Kier molecular flexibility index (Phi) is 4.99. The van der Waals surface area contributed by atoms with E-state index >= 15 is 0 Å². The molecular formula is C24H17FN4O2S. The normalized spacial score (nSPS) is 11.2. The van der Waals surface area contributed by atoms with Crippen LogP contribution in [0.2, 0.25) is 0 Å². The Morgan fingerprint density at radius 2 is 1.97 bits per heavy atom. The van der Waals surface area contributed by atoms with Crippen LogP contribution in [0.25, 0.3) is 21.3 Å². The minimum absolute atomic E-state index is 0.0411. The highest BCUT2D eigenvalue weighted by atomic mass is 32.1. The first-order valence-corrected chi connectivity index (χ1v) is 10.7. The first-order chi connectivity index (χ1) is 15.5. The molecule has 5 aromatic rings. The average molecular weight is 444 g/mol. The molecule has 0 bridgehead atoms. The van der Waals surface area contributed by atoms with Gasteiger partial charge in [0.15, 0.2) is 5.13 Å². The summed E-state index contributed by atoms with van der Waals surface area (Å²) in [7, 11) is 0. The van der Waals surface area contributed by atoms with Crippen LogP contribution in [0.1, 0.15) is 21.5 Å². The maximum Gasteiger partial charge on any atom is 0.265 e. The van der Waals surface area contributed by atoms with Gasteiger partial charge in [0.25, 0.3) is 11.5 Å². The molecule has 158 valence electrons. The molecule has 0 saturated heterocycles. The average Bonchev–Trinajstić information content (AvgIpc) is 3.18. The van der Waals surface area contributed by atoms with Crippen LogP contribution in [0.15, 0.2) is 71.7 Å². The van der Waals surface area contributed by atoms with Crippen molar-refractivity contribution >= 4 is 43.6 Å². The van der Waals surface area contributed by atoms with E-state index in [1.165, 1.54) is 28.0 Å². The number of aryl methyl sites for hydroxylation is 1. The third-order valence-electron chi connectivity index (χ3n) is 5.14. The van der Waals surface area contributed by atoms with Crippen molar-refractivity contribution in [1.82, 2.24) is 14.5 Å². The SMILES string of the molecule is Cc1ccc2nc(NC(=O)c3cc4cccnc4n(Cc4ccccc4F)c3=O)sc2c1. The molecule has 0 aliphatic carbocycles. The minimum Gasteiger partial charge on any atom is -0.298 e. The highest BCUT2D eigenvalue weighted by Gasteiger charge is 2.19. The molecule has 2 aromatic carbocycles. The van der Waals surface area contributed by atoms with Gasteiger partial charge >= 0.3 is 0 Å². The van der Waals surface area contributed by atoms with E-state index in [-0.39, 0.29) is 12.1 Å². The summed E-state index contributed by atoms with van der Waals surface area (Å²) in [5.41, 5.74) is 1.98. The fraction of sp³-hybridized carbons (Fsp3) is 0.0833. The Bertz CT molecular complexity index is 1560. The number of anilines is 1. The van der Waals surface area contributed by atoms with Crippen LogP contribution >= 0.6 is 11.3 Å². The zero-order valence-electron chi connectivity index (χ0n) is 17.0. The highest BCUT2D eigenvalue weighted by molar-refractivity contribution is 7.22. The number of amides is 1. The van der Waals surface area contributed by atoms with E-state index in [0.717, 1.165) is 15.8 Å². The maximum atomic E-state index is 14.3. The van der Waals surface area contributed by atoms with Gasteiger partial charge in [-0.1, -0.05) is 35.6 Å². The topological polar surface area (TPSA) is 76.9 Å². The number of hydrogen-bond acceptors (Lipinski definition) is 5. The molecule has 3 aromatic heterocycles. The number of thiazole rings is 1. The summed E-state index contributed by atoms with van der Waals surface area (Å²) in [5, 5.41) is 3.75. The smallest absolute Gasteiger partial charge is 0.265 e. The summed E-state index contributed by atoms with van der Waals surface area (Å²) in [6.07, 6.45) is 1.56. The summed E-state index contributed by atoms with van der Waals surface area (Å²) < 4.78 is 16.5. The number of nitrogens with zero attached hydrogens (tertiary/aromatic N) is 3. The third kappa shape index (κ3) is 3.65. The number of rotatable bonds is 4. The van der Waals surface area contributed by atoms with Gasteiger partial charge in [0.05, 0.1) is 16.8 Å². The zero-order valence-corrected chi connectivity index (χ0v) is 17.8. The molecule has 0 saturated carbocycles. The van der Waals surface area contributed by atoms with E-state index in [2.05, 4.69) is 15.3 Å². The van der Waals surface area contributed by atoms with Crippen molar-refractivity contribution < 1.29 is 9.18 Å². The van der Waals surface area contributed by atoms with Crippen LogP contribution in [-0.2, 0) is 6.54 Å². The molecule has 0 atom stereocenters. The van der Waals surface area contributed by atoms with Crippen LogP contribution in [0.3, 0.4) is 0 Å². The second-order valence-electron chi connectivity index (χ2n) is 7.40. The molecule has 0 unspecified atom stereocenters. The van der Waals surface area contributed by atoms with E-state index in [1.807, 2.05) is 25.1 Å². The fourth-order valence-corrected chi connectivity index (χ4v) is 4.52. The van der Waals surface area contributed by atoms with Crippen molar-refractivity contribution in [3.8, 4) is 0 Å². The molecule has 0 spiro atoms. The van der Waals surface area contributed by atoms with Crippen LogP contribution in [0, 0.1) is 12.7 Å². The summed E-state index contributed by atoms with van der Waals surface area (Å²) in [6.45, 7) is 1.94. The first-order valence-electron chi connectivity index (χ1n) is 9.90.